The van der Waals surface area contributed by atoms with E-state index in [9.17, 15) is 4.79 Å². The summed E-state index contributed by atoms with van der Waals surface area (Å²) in [5, 5.41) is 2.98. The van der Waals surface area contributed by atoms with E-state index in [-0.39, 0.29) is 12.1 Å². The van der Waals surface area contributed by atoms with Crippen LogP contribution in [0.4, 0.5) is 4.79 Å². The number of nitrogens with zero attached hydrogens (tertiary/aromatic N) is 1. The molecular weight excluding hydrogens is 264 g/mol. The maximum absolute atomic E-state index is 11.8. The van der Waals surface area contributed by atoms with Gasteiger partial charge in [0.25, 0.3) is 0 Å². The first kappa shape index (κ1) is 17.5. The van der Waals surface area contributed by atoms with Gasteiger partial charge in [-0.1, -0.05) is 19.4 Å². The van der Waals surface area contributed by atoms with Gasteiger partial charge in [-0.3, -0.25) is 4.98 Å². The summed E-state index contributed by atoms with van der Waals surface area (Å²) in [5.74, 6) is 0. The fourth-order valence-electron chi connectivity index (χ4n) is 2.21. The van der Waals surface area contributed by atoms with E-state index in [1.807, 2.05) is 33.0 Å². The molecule has 1 atom stereocenters. The number of hydrogen-bond acceptors (Lipinski definition) is 3. The van der Waals surface area contributed by atoms with Gasteiger partial charge in [-0.15, -0.1) is 0 Å². The van der Waals surface area contributed by atoms with Crippen LogP contribution in [0, 0.1) is 0 Å². The number of carbonyl (C=O) groups excluding carboxylic acids is 1. The van der Waals surface area contributed by atoms with Crippen molar-refractivity contribution in [2.24, 2.45) is 0 Å². The molecule has 0 bridgehead atoms. The maximum atomic E-state index is 11.8. The van der Waals surface area contributed by atoms with Crippen LogP contribution in [0.25, 0.3) is 0 Å². The van der Waals surface area contributed by atoms with Crippen molar-refractivity contribution in [2.75, 3.05) is 0 Å². The zero-order valence-corrected chi connectivity index (χ0v) is 13.7. The van der Waals surface area contributed by atoms with Crippen molar-refractivity contribution in [1.29, 1.82) is 0 Å². The quantitative estimate of drug-likeness (QED) is 0.823. The molecule has 1 aromatic rings. The standard InChI is InChI=1S/C17H28N2O2/c1-5-8-15(19-16(20)21-17(2,3)4)11-6-9-14-10-7-12-18-13-14/h7,10,12-13,15H,5-6,8-9,11H2,1-4H3,(H,19,20)/t15-/m1/s1. The maximum Gasteiger partial charge on any atom is 0.407 e. The Morgan fingerprint density at radius 3 is 2.71 bits per heavy atom. The van der Waals surface area contributed by atoms with Crippen molar-refractivity contribution in [1.82, 2.24) is 10.3 Å². The molecule has 118 valence electrons. The zero-order chi connectivity index (χ0) is 15.7. The van der Waals surface area contributed by atoms with Gasteiger partial charge in [-0.05, 0) is 58.1 Å². The van der Waals surface area contributed by atoms with Crippen molar-refractivity contribution >= 4 is 6.09 Å². The molecule has 0 aliphatic rings. The van der Waals surface area contributed by atoms with Crippen molar-refractivity contribution in [3.8, 4) is 0 Å². The summed E-state index contributed by atoms with van der Waals surface area (Å²) in [7, 11) is 0. The number of carbonyl (C=O) groups is 1. The predicted molar refractivity (Wildman–Crippen MR) is 85.2 cm³/mol. The highest BCUT2D eigenvalue weighted by molar-refractivity contribution is 5.68. The van der Waals surface area contributed by atoms with E-state index >= 15 is 0 Å². The first-order valence-corrected chi connectivity index (χ1v) is 7.79. The van der Waals surface area contributed by atoms with E-state index < -0.39 is 5.60 Å². The van der Waals surface area contributed by atoms with Crippen LogP contribution in [0.15, 0.2) is 24.5 Å². The molecule has 0 aliphatic heterocycles. The summed E-state index contributed by atoms with van der Waals surface area (Å²) in [6.45, 7) is 7.77. The summed E-state index contributed by atoms with van der Waals surface area (Å²) in [5.41, 5.74) is 0.793. The number of rotatable bonds is 7. The Hall–Kier alpha value is -1.58. The lowest BCUT2D eigenvalue weighted by molar-refractivity contribution is 0.0498. The first-order chi connectivity index (χ1) is 9.90. The fraction of sp³-hybridized carbons (Fsp3) is 0.647. The number of pyridine rings is 1. The van der Waals surface area contributed by atoms with E-state index in [0.717, 1.165) is 32.1 Å². The Morgan fingerprint density at radius 1 is 1.38 bits per heavy atom. The molecule has 0 saturated heterocycles. The van der Waals surface area contributed by atoms with Gasteiger partial charge in [0.05, 0.1) is 0 Å². The molecule has 4 nitrogen and oxygen atoms in total. The molecule has 0 spiro atoms. The van der Waals surface area contributed by atoms with Gasteiger partial charge >= 0.3 is 6.09 Å². The number of amides is 1. The van der Waals surface area contributed by atoms with Crippen LogP contribution in [0.1, 0.15) is 58.9 Å². The predicted octanol–water partition coefficient (Wildman–Crippen LogP) is 4.10. The highest BCUT2D eigenvalue weighted by Gasteiger charge is 2.18. The Balaban J connectivity index is 2.37. The van der Waals surface area contributed by atoms with Gasteiger partial charge in [0.15, 0.2) is 0 Å². The Labute approximate surface area is 128 Å². The molecule has 4 heteroatoms. The summed E-state index contributed by atoms with van der Waals surface area (Å²) in [6.07, 6.45) is 8.38. The van der Waals surface area contributed by atoms with Crippen LogP contribution in [0.2, 0.25) is 0 Å². The molecule has 0 unspecified atom stereocenters. The minimum atomic E-state index is -0.448. The molecule has 1 heterocycles. The van der Waals surface area contributed by atoms with Crippen LogP contribution < -0.4 is 5.32 Å². The van der Waals surface area contributed by atoms with Crippen molar-refractivity contribution in [3.05, 3.63) is 30.1 Å². The van der Waals surface area contributed by atoms with Crippen LogP contribution in [0.3, 0.4) is 0 Å². The molecule has 0 fully saturated rings. The van der Waals surface area contributed by atoms with Gasteiger partial charge in [0.1, 0.15) is 5.60 Å². The number of aromatic nitrogens is 1. The van der Waals surface area contributed by atoms with Crippen LogP contribution in [-0.4, -0.2) is 22.7 Å². The van der Waals surface area contributed by atoms with Gasteiger partial charge in [-0.25, -0.2) is 4.79 Å². The largest absolute Gasteiger partial charge is 0.444 e. The lowest BCUT2D eigenvalue weighted by atomic mass is 10.0. The smallest absolute Gasteiger partial charge is 0.407 e. The van der Waals surface area contributed by atoms with Crippen LogP contribution in [0.5, 0.6) is 0 Å². The second kappa shape index (κ2) is 8.65. The molecule has 1 rings (SSSR count). The van der Waals surface area contributed by atoms with Gasteiger partial charge < -0.3 is 10.1 Å². The average Bonchev–Trinajstić information content (AvgIpc) is 2.38. The third-order valence-electron chi connectivity index (χ3n) is 3.10. The third-order valence-corrected chi connectivity index (χ3v) is 3.10. The van der Waals surface area contributed by atoms with Gasteiger partial charge in [0.2, 0.25) is 0 Å². The average molecular weight is 292 g/mol. The Kier molecular flexibility index (Phi) is 7.20. The highest BCUT2D eigenvalue weighted by atomic mass is 16.6. The minimum Gasteiger partial charge on any atom is -0.444 e. The van der Waals surface area contributed by atoms with Crippen LogP contribution >= 0.6 is 0 Å². The van der Waals surface area contributed by atoms with Crippen molar-refractivity contribution < 1.29 is 9.53 Å². The summed E-state index contributed by atoms with van der Waals surface area (Å²) in [6, 6.07) is 4.22. The molecule has 0 aromatic carbocycles. The lowest BCUT2D eigenvalue weighted by Crippen LogP contribution is -2.39. The summed E-state index contributed by atoms with van der Waals surface area (Å²) < 4.78 is 5.32. The molecule has 1 aromatic heterocycles. The normalized spacial score (nSPS) is 12.8. The van der Waals surface area contributed by atoms with Gasteiger partial charge in [0, 0.05) is 18.4 Å². The second-order valence-electron chi connectivity index (χ2n) is 6.39. The van der Waals surface area contributed by atoms with Crippen molar-refractivity contribution in [2.45, 2.75) is 71.4 Å². The van der Waals surface area contributed by atoms with E-state index in [4.69, 9.17) is 4.74 Å². The highest BCUT2D eigenvalue weighted by Crippen LogP contribution is 2.11. The van der Waals surface area contributed by atoms with Crippen molar-refractivity contribution in [3.63, 3.8) is 0 Å². The molecule has 21 heavy (non-hydrogen) atoms. The Morgan fingerprint density at radius 2 is 2.14 bits per heavy atom. The number of ether oxygens (including phenoxy) is 1. The zero-order valence-electron chi connectivity index (χ0n) is 13.7. The fourth-order valence-corrected chi connectivity index (χ4v) is 2.21. The van der Waals surface area contributed by atoms with E-state index in [2.05, 4.69) is 23.3 Å². The molecule has 0 saturated carbocycles. The molecule has 0 aliphatic carbocycles. The topological polar surface area (TPSA) is 51.2 Å². The molecule has 0 radical (unpaired) electrons. The number of hydrogen-bond donors (Lipinski definition) is 1. The minimum absolute atomic E-state index is 0.182. The number of nitrogens with one attached hydrogen (secondary N) is 1. The van der Waals surface area contributed by atoms with Gasteiger partial charge in [-0.2, -0.15) is 0 Å². The van der Waals surface area contributed by atoms with Crippen LogP contribution in [-0.2, 0) is 11.2 Å². The monoisotopic (exact) mass is 292 g/mol. The Bertz CT molecular complexity index is 413. The summed E-state index contributed by atoms with van der Waals surface area (Å²) in [4.78, 5) is 16.0. The van der Waals surface area contributed by atoms with E-state index in [1.165, 1.54) is 5.56 Å². The summed E-state index contributed by atoms with van der Waals surface area (Å²) >= 11 is 0. The SMILES string of the molecule is CCC[C@H](CCCc1cccnc1)NC(=O)OC(C)(C)C. The molecule has 1 amide bonds. The van der Waals surface area contributed by atoms with E-state index in [1.54, 1.807) is 6.20 Å². The van der Waals surface area contributed by atoms with E-state index in [0.29, 0.717) is 0 Å². The molecule has 1 N–H and O–H groups in total. The second-order valence-corrected chi connectivity index (χ2v) is 6.39. The lowest BCUT2D eigenvalue weighted by Gasteiger charge is -2.23. The third kappa shape index (κ3) is 8.33. The number of alkyl carbamates (subject to hydrolysis) is 1. The molecular formula is C17H28N2O2. The number of aryl methyl sites for hydroxylation is 1. The first-order valence-electron chi connectivity index (χ1n) is 7.79.